The molecule has 1 aromatic carbocycles. The van der Waals surface area contributed by atoms with Crippen molar-refractivity contribution >= 4 is 6.29 Å². The normalized spacial score (nSPS) is 10.3. The second-order valence-corrected chi connectivity index (χ2v) is 3.63. The van der Waals surface area contributed by atoms with E-state index >= 15 is 0 Å². The number of ether oxygens (including phenoxy) is 1. The molecule has 0 saturated carbocycles. The summed E-state index contributed by atoms with van der Waals surface area (Å²) in [6.07, 6.45) is 1.73. The predicted octanol–water partition coefficient (Wildman–Crippen LogP) is 2.61. The van der Waals surface area contributed by atoms with Crippen LogP contribution in [0.25, 0.3) is 0 Å². The quantitative estimate of drug-likeness (QED) is 0.731. The minimum absolute atomic E-state index is 0.00315. The fourth-order valence-electron chi connectivity index (χ4n) is 1.35. The van der Waals surface area contributed by atoms with Crippen LogP contribution < -0.4 is 4.74 Å². The van der Waals surface area contributed by atoms with Crippen molar-refractivity contribution in [2.75, 3.05) is 6.61 Å². The molecule has 2 nitrogen and oxygen atoms in total. The van der Waals surface area contributed by atoms with Crippen LogP contribution in [0.5, 0.6) is 5.75 Å². The second-order valence-electron chi connectivity index (χ2n) is 3.63. The summed E-state index contributed by atoms with van der Waals surface area (Å²) in [7, 11) is 0. The van der Waals surface area contributed by atoms with Crippen LogP contribution in [0.2, 0.25) is 0 Å². The molecule has 0 N–H and O–H groups in total. The summed E-state index contributed by atoms with van der Waals surface area (Å²) in [6.45, 7) is 6.20. The molecule has 0 unspecified atom stereocenters. The molecule has 0 spiro atoms. The lowest BCUT2D eigenvalue weighted by atomic mass is 10.0. The topological polar surface area (TPSA) is 26.3 Å². The van der Waals surface area contributed by atoms with E-state index in [0.717, 1.165) is 16.9 Å². The van der Waals surface area contributed by atoms with Crippen molar-refractivity contribution in [3.63, 3.8) is 0 Å². The van der Waals surface area contributed by atoms with Crippen LogP contribution in [0.4, 0.5) is 0 Å². The summed E-state index contributed by atoms with van der Waals surface area (Å²) in [5, 5.41) is 0. The zero-order valence-corrected chi connectivity index (χ0v) is 8.83. The van der Waals surface area contributed by atoms with Crippen molar-refractivity contribution < 1.29 is 9.53 Å². The third-order valence-corrected chi connectivity index (χ3v) is 2.08. The minimum atomic E-state index is 0.00315. The summed E-state index contributed by atoms with van der Waals surface area (Å²) in [5.74, 6) is 1.20. The van der Waals surface area contributed by atoms with E-state index in [4.69, 9.17) is 4.74 Å². The number of rotatable bonds is 4. The summed E-state index contributed by atoms with van der Waals surface area (Å²) < 4.78 is 5.30. The van der Waals surface area contributed by atoms with Crippen LogP contribution >= 0.6 is 0 Å². The first-order chi connectivity index (χ1) is 6.65. The van der Waals surface area contributed by atoms with Gasteiger partial charge in [-0.15, -0.1) is 0 Å². The minimum Gasteiger partial charge on any atom is -0.485 e. The fourth-order valence-corrected chi connectivity index (χ4v) is 1.35. The number of carbonyl (C=O) groups excluding carboxylic acids is 1. The molecule has 0 aromatic heterocycles. The molecule has 0 heterocycles. The van der Waals surface area contributed by atoms with Crippen molar-refractivity contribution in [2.24, 2.45) is 0 Å². The van der Waals surface area contributed by atoms with Gasteiger partial charge in [0.2, 0.25) is 6.29 Å². The first-order valence-corrected chi connectivity index (χ1v) is 4.73. The Kier molecular flexibility index (Phi) is 3.69. The molecule has 0 bridgehead atoms. The molecular formula is C12H15O2. The maximum absolute atomic E-state index is 10.1. The zero-order valence-electron chi connectivity index (χ0n) is 8.83. The molecule has 0 fully saturated rings. The van der Waals surface area contributed by atoms with E-state index in [9.17, 15) is 4.79 Å². The SMILES string of the molecule is Cc1ccc(C(C)C)c(OC[C]=O)c1. The standard InChI is InChI=1S/C12H15O2/c1-9(2)11-5-4-10(3)8-12(11)14-7-6-13/h4-5,8-9H,7H2,1-3H3. The lowest BCUT2D eigenvalue weighted by Gasteiger charge is -2.12. The molecule has 0 aliphatic rings. The molecular weight excluding hydrogens is 176 g/mol. The molecule has 1 rings (SSSR count). The van der Waals surface area contributed by atoms with E-state index in [1.807, 2.05) is 25.1 Å². The third kappa shape index (κ3) is 2.59. The van der Waals surface area contributed by atoms with Gasteiger partial charge in [-0.25, -0.2) is 0 Å². The Labute approximate surface area is 84.9 Å². The average molecular weight is 191 g/mol. The van der Waals surface area contributed by atoms with Crippen molar-refractivity contribution in [1.29, 1.82) is 0 Å². The maximum atomic E-state index is 10.1. The predicted molar refractivity (Wildman–Crippen MR) is 56.5 cm³/mol. The highest BCUT2D eigenvalue weighted by atomic mass is 16.5. The van der Waals surface area contributed by atoms with Gasteiger partial charge in [0.15, 0.2) is 6.61 Å². The van der Waals surface area contributed by atoms with Crippen molar-refractivity contribution in [3.8, 4) is 5.75 Å². The van der Waals surface area contributed by atoms with E-state index in [2.05, 4.69) is 13.8 Å². The first-order valence-electron chi connectivity index (χ1n) is 4.73. The second kappa shape index (κ2) is 4.80. The Morgan fingerprint density at radius 2 is 2.14 bits per heavy atom. The Morgan fingerprint density at radius 1 is 1.43 bits per heavy atom. The van der Waals surface area contributed by atoms with Gasteiger partial charge in [0.1, 0.15) is 5.75 Å². The van der Waals surface area contributed by atoms with E-state index in [0.29, 0.717) is 5.92 Å². The van der Waals surface area contributed by atoms with Gasteiger partial charge >= 0.3 is 0 Å². The molecule has 0 atom stereocenters. The smallest absolute Gasteiger partial charge is 0.239 e. The molecule has 14 heavy (non-hydrogen) atoms. The van der Waals surface area contributed by atoms with Gasteiger partial charge in [-0.1, -0.05) is 26.0 Å². The highest BCUT2D eigenvalue weighted by molar-refractivity contribution is 5.53. The highest BCUT2D eigenvalue weighted by Gasteiger charge is 2.07. The summed E-state index contributed by atoms with van der Waals surface area (Å²) in [6, 6.07) is 6.04. The number of hydrogen-bond acceptors (Lipinski definition) is 2. The summed E-state index contributed by atoms with van der Waals surface area (Å²) in [5.41, 5.74) is 2.26. The maximum Gasteiger partial charge on any atom is 0.239 e. The van der Waals surface area contributed by atoms with Gasteiger partial charge in [-0.05, 0) is 30.0 Å². The first kappa shape index (κ1) is 10.8. The molecule has 0 amide bonds. The fraction of sp³-hybridized carbons (Fsp3) is 0.417. The molecule has 0 aliphatic carbocycles. The van der Waals surface area contributed by atoms with Gasteiger partial charge in [0.25, 0.3) is 0 Å². The molecule has 0 aliphatic heterocycles. The van der Waals surface area contributed by atoms with Gasteiger partial charge in [-0.3, -0.25) is 4.79 Å². The molecule has 75 valence electrons. The Balaban J connectivity index is 2.96. The largest absolute Gasteiger partial charge is 0.485 e. The van der Waals surface area contributed by atoms with E-state index in [1.165, 1.54) is 0 Å². The Bertz CT molecular complexity index is 316. The number of hydrogen-bond donors (Lipinski definition) is 0. The van der Waals surface area contributed by atoms with Gasteiger partial charge in [-0.2, -0.15) is 0 Å². The third-order valence-electron chi connectivity index (χ3n) is 2.08. The van der Waals surface area contributed by atoms with E-state index < -0.39 is 0 Å². The van der Waals surface area contributed by atoms with Crippen molar-refractivity contribution in [1.82, 2.24) is 0 Å². The van der Waals surface area contributed by atoms with E-state index in [1.54, 1.807) is 6.29 Å². The van der Waals surface area contributed by atoms with Crippen LogP contribution in [-0.2, 0) is 4.79 Å². The van der Waals surface area contributed by atoms with Crippen LogP contribution in [0, 0.1) is 6.92 Å². The van der Waals surface area contributed by atoms with Crippen molar-refractivity contribution in [3.05, 3.63) is 29.3 Å². The lowest BCUT2D eigenvalue weighted by Crippen LogP contribution is -2.02. The zero-order chi connectivity index (χ0) is 10.6. The summed E-state index contributed by atoms with van der Waals surface area (Å²) >= 11 is 0. The number of benzene rings is 1. The van der Waals surface area contributed by atoms with E-state index in [-0.39, 0.29) is 6.61 Å². The van der Waals surface area contributed by atoms with Crippen molar-refractivity contribution in [2.45, 2.75) is 26.7 Å². The molecule has 1 aromatic rings. The van der Waals surface area contributed by atoms with Gasteiger partial charge < -0.3 is 4.74 Å². The number of aryl methyl sites for hydroxylation is 1. The van der Waals surface area contributed by atoms with Crippen LogP contribution in [0.1, 0.15) is 30.9 Å². The van der Waals surface area contributed by atoms with Gasteiger partial charge in [0, 0.05) is 0 Å². The lowest BCUT2D eigenvalue weighted by molar-refractivity contribution is 0.359. The van der Waals surface area contributed by atoms with Crippen LogP contribution in [0.3, 0.4) is 0 Å². The Hall–Kier alpha value is -1.31. The average Bonchev–Trinajstić information content (AvgIpc) is 2.14. The highest BCUT2D eigenvalue weighted by Crippen LogP contribution is 2.27. The van der Waals surface area contributed by atoms with Crippen LogP contribution in [-0.4, -0.2) is 12.9 Å². The monoisotopic (exact) mass is 191 g/mol. The summed E-state index contributed by atoms with van der Waals surface area (Å²) in [4.78, 5) is 10.1. The molecule has 1 radical (unpaired) electrons. The molecule has 0 saturated heterocycles. The Morgan fingerprint density at radius 3 is 2.71 bits per heavy atom. The van der Waals surface area contributed by atoms with Gasteiger partial charge in [0.05, 0.1) is 0 Å². The molecule has 2 heteroatoms. The van der Waals surface area contributed by atoms with Crippen LogP contribution in [0.15, 0.2) is 18.2 Å².